The number of nitrogens with two attached hydrogens (primary N) is 1. The fourth-order valence-electron chi connectivity index (χ4n) is 1.00. The van der Waals surface area contributed by atoms with Gasteiger partial charge in [0.1, 0.15) is 5.75 Å². The highest BCUT2D eigenvalue weighted by Gasteiger charge is 2.15. The van der Waals surface area contributed by atoms with E-state index in [4.69, 9.17) is 22.4 Å². The van der Waals surface area contributed by atoms with Gasteiger partial charge in [0.15, 0.2) is 0 Å². The van der Waals surface area contributed by atoms with Gasteiger partial charge in [-0.25, -0.2) is 0 Å². The van der Waals surface area contributed by atoms with Gasteiger partial charge < -0.3 is 15.9 Å². The third-order valence-corrected chi connectivity index (χ3v) is 2.68. The fraction of sp³-hybridized carbons (Fsp3) is 0.250. The minimum atomic E-state index is -0.631. The molecule has 0 aromatic heterocycles. The zero-order chi connectivity index (χ0) is 10.0. The summed E-state index contributed by atoms with van der Waals surface area (Å²) in [7, 11) is 0. The van der Waals surface area contributed by atoms with Crippen molar-refractivity contribution in [2.24, 2.45) is 5.73 Å². The first-order valence-corrected chi connectivity index (χ1v) is 4.78. The molecule has 0 radical (unpaired) electrons. The summed E-state index contributed by atoms with van der Waals surface area (Å²) in [6, 6.07) is 2.59. The highest BCUT2D eigenvalue weighted by atomic mass is 79.9. The Bertz CT molecular complexity index is 322. The summed E-state index contributed by atoms with van der Waals surface area (Å²) in [4.78, 5) is 0. The Hall–Kier alpha value is -0.000000000000000111. The summed E-state index contributed by atoms with van der Waals surface area (Å²) in [5, 5.41) is 18.6. The number of phenolic OH excluding ortho intramolecular Hbond substituents is 1. The highest BCUT2D eigenvalue weighted by Crippen LogP contribution is 2.36. The Balaban J connectivity index is 0.00000169. The van der Waals surface area contributed by atoms with Crippen molar-refractivity contribution in [1.29, 1.82) is 0 Å². The second-order valence-electron chi connectivity index (χ2n) is 2.58. The van der Waals surface area contributed by atoms with E-state index in [1.165, 1.54) is 0 Å². The maximum absolute atomic E-state index is 9.53. The Morgan fingerprint density at radius 1 is 1.50 bits per heavy atom. The molecule has 0 heterocycles. The van der Waals surface area contributed by atoms with Crippen LogP contribution in [0.2, 0.25) is 5.02 Å². The monoisotopic (exact) mass is 301 g/mol. The van der Waals surface area contributed by atoms with Gasteiger partial charge in [0.05, 0.1) is 17.7 Å². The molecule has 1 aromatic rings. The van der Waals surface area contributed by atoms with Crippen LogP contribution in [0, 0.1) is 0 Å². The number of aromatic hydroxyl groups is 1. The molecule has 0 saturated carbocycles. The number of phenols is 1. The molecule has 0 bridgehead atoms. The molecule has 0 aliphatic carbocycles. The smallest absolute Gasteiger partial charge is 0.140 e. The number of hydrogen-bond acceptors (Lipinski definition) is 3. The molecule has 0 unspecified atom stereocenters. The van der Waals surface area contributed by atoms with Gasteiger partial charge in [0, 0.05) is 10.0 Å². The molecule has 14 heavy (non-hydrogen) atoms. The Kier molecular flexibility index (Phi) is 5.78. The van der Waals surface area contributed by atoms with Crippen LogP contribution in [0.1, 0.15) is 11.6 Å². The molecule has 80 valence electrons. The molecule has 0 aliphatic rings. The van der Waals surface area contributed by atoms with Gasteiger partial charge in [-0.1, -0.05) is 27.5 Å². The van der Waals surface area contributed by atoms with Gasteiger partial charge in [-0.3, -0.25) is 0 Å². The second-order valence-corrected chi connectivity index (χ2v) is 3.84. The second kappa shape index (κ2) is 5.78. The lowest BCUT2D eigenvalue weighted by atomic mass is 10.1. The van der Waals surface area contributed by atoms with Crippen LogP contribution < -0.4 is 5.73 Å². The van der Waals surface area contributed by atoms with E-state index in [0.29, 0.717) is 10.0 Å². The summed E-state index contributed by atoms with van der Waals surface area (Å²) < 4.78 is 0.635. The van der Waals surface area contributed by atoms with E-state index in [0.717, 1.165) is 0 Å². The van der Waals surface area contributed by atoms with Crippen LogP contribution in [0.5, 0.6) is 5.75 Å². The first-order valence-electron chi connectivity index (χ1n) is 3.61. The first kappa shape index (κ1) is 14.0. The third-order valence-electron chi connectivity index (χ3n) is 1.68. The predicted molar refractivity (Wildman–Crippen MR) is 62.1 cm³/mol. The van der Waals surface area contributed by atoms with Crippen LogP contribution in [-0.2, 0) is 0 Å². The lowest BCUT2D eigenvalue weighted by Gasteiger charge is -2.13. The summed E-state index contributed by atoms with van der Waals surface area (Å²) in [6.07, 6.45) is 0. The van der Waals surface area contributed by atoms with E-state index < -0.39 is 6.04 Å². The molecule has 0 spiro atoms. The first-order chi connectivity index (χ1) is 6.07. The average molecular weight is 303 g/mol. The molecule has 0 saturated heterocycles. The van der Waals surface area contributed by atoms with Crippen LogP contribution >= 0.6 is 39.9 Å². The quantitative estimate of drug-likeness (QED) is 0.785. The van der Waals surface area contributed by atoms with E-state index in [1.807, 2.05) is 0 Å². The summed E-state index contributed by atoms with van der Waals surface area (Å²) in [6.45, 7) is -0.244. The van der Waals surface area contributed by atoms with Gasteiger partial charge >= 0.3 is 0 Å². The van der Waals surface area contributed by atoms with Gasteiger partial charge in [-0.15, -0.1) is 12.4 Å². The van der Waals surface area contributed by atoms with E-state index >= 15 is 0 Å². The number of rotatable bonds is 2. The maximum Gasteiger partial charge on any atom is 0.140 e. The molecule has 1 aromatic carbocycles. The van der Waals surface area contributed by atoms with Gasteiger partial charge in [-0.2, -0.15) is 0 Å². The van der Waals surface area contributed by atoms with Gasteiger partial charge in [0.2, 0.25) is 0 Å². The number of aliphatic hydroxyl groups excluding tert-OH is 1. The molecule has 6 heteroatoms. The van der Waals surface area contributed by atoms with E-state index in [2.05, 4.69) is 15.9 Å². The lowest BCUT2D eigenvalue weighted by molar-refractivity contribution is 0.265. The Morgan fingerprint density at radius 3 is 2.57 bits per heavy atom. The van der Waals surface area contributed by atoms with Crippen LogP contribution in [0.25, 0.3) is 0 Å². The molecule has 4 N–H and O–H groups in total. The molecule has 0 aliphatic heterocycles. The van der Waals surface area contributed by atoms with Gasteiger partial charge in [-0.05, 0) is 12.1 Å². The number of aliphatic hydroxyl groups is 1. The average Bonchev–Trinajstić information content (AvgIpc) is 2.12. The molecular weight excluding hydrogens is 293 g/mol. The summed E-state index contributed by atoms with van der Waals surface area (Å²) in [5.41, 5.74) is 5.99. The van der Waals surface area contributed by atoms with Crippen molar-refractivity contribution >= 4 is 39.9 Å². The van der Waals surface area contributed by atoms with Gasteiger partial charge in [0.25, 0.3) is 0 Å². The molecule has 1 rings (SSSR count). The van der Waals surface area contributed by atoms with Crippen LogP contribution in [-0.4, -0.2) is 16.8 Å². The van der Waals surface area contributed by atoms with Crippen molar-refractivity contribution < 1.29 is 10.2 Å². The van der Waals surface area contributed by atoms with Crippen LogP contribution in [0.4, 0.5) is 0 Å². The summed E-state index contributed by atoms with van der Waals surface area (Å²) >= 11 is 8.89. The lowest BCUT2D eigenvalue weighted by Crippen LogP contribution is -2.15. The number of halogens is 3. The van der Waals surface area contributed by atoms with Crippen LogP contribution in [0.3, 0.4) is 0 Å². The zero-order valence-electron chi connectivity index (χ0n) is 7.08. The van der Waals surface area contributed by atoms with Crippen molar-refractivity contribution in [3.63, 3.8) is 0 Å². The largest absolute Gasteiger partial charge is 0.506 e. The molecule has 1 atom stereocenters. The van der Waals surface area contributed by atoms with Crippen molar-refractivity contribution in [2.75, 3.05) is 6.61 Å². The van der Waals surface area contributed by atoms with Crippen LogP contribution in [0.15, 0.2) is 16.6 Å². The maximum atomic E-state index is 9.53. The SMILES string of the molecule is Cl.N[C@H](CO)c1c(Br)ccc(Cl)c1O. The Labute approximate surface area is 101 Å². The standard InChI is InChI=1S/C8H9BrClNO2.ClH/c9-4-1-2-5(10)8(13)7(4)6(11)3-12;/h1-2,6,12-13H,3,11H2;1H/t6-;/m1./s1. The summed E-state index contributed by atoms with van der Waals surface area (Å²) in [5.74, 6) is -0.0856. The zero-order valence-corrected chi connectivity index (χ0v) is 10.2. The van der Waals surface area contributed by atoms with Crippen molar-refractivity contribution in [3.8, 4) is 5.75 Å². The molecule has 0 fully saturated rings. The predicted octanol–water partition coefficient (Wildman–Crippen LogP) is 2.22. The molecule has 0 amide bonds. The van der Waals surface area contributed by atoms with E-state index in [1.54, 1.807) is 12.1 Å². The highest BCUT2D eigenvalue weighted by molar-refractivity contribution is 9.10. The van der Waals surface area contributed by atoms with E-state index in [9.17, 15) is 5.11 Å². The number of benzene rings is 1. The van der Waals surface area contributed by atoms with Crippen molar-refractivity contribution in [1.82, 2.24) is 0 Å². The van der Waals surface area contributed by atoms with Crippen molar-refractivity contribution in [3.05, 3.63) is 27.2 Å². The molecule has 3 nitrogen and oxygen atoms in total. The normalized spacial score (nSPS) is 12.0. The minimum Gasteiger partial charge on any atom is -0.506 e. The van der Waals surface area contributed by atoms with Crippen molar-refractivity contribution in [2.45, 2.75) is 6.04 Å². The third kappa shape index (κ3) is 2.74. The fourth-order valence-corrected chi connectivity index (χ4v) is 1.78. The Morgan fingerprint density at radius 2 is 2.07 bits per heavy atom. The molecular formula is C8H10BrCl2NO2. The minimum absolute atomic E-state index is 0. The van der Waals surface area contributed by atoms with E-state index in [-0.39, 0.29) is 29.8 Å². The number of hydrogen-bond donors (Lipinski definition) is 3. The topological polar surface area (TPSA) is 66.5 Å².